The average molecular weight is 229 g/mol. The molecule has 7 saturated carbocycles. The predicted octanol–water partition coefficient (Wildman–Crippen LogP) is 3.61. The Morgan fingerprint density at radius 3 is 2.06 bits per heavy atom. The van der Waals surface area contributed by atoms with Gasteiger partial charge in [-0.3, -0.25) is 0 Å². The molecular formula is C14H19N3. The number of hydrogen-bond acceptors (Lipinski definition) is 1. The maximum Gasteiger partial charge on any atom is 0.0436 e. The summed E-state index contributed by atoms with van der Waals surface area (Å²) >= 11 is 0. The summed E-state index contributed by atoms with van der Waals surface area (Å²) in [6.45, 7) is 0. The van der Waals surface area contributed by atoms with Gasteiger partial charge in [0, 0.05) is 11.0 Å². The molecule has 0 amide bonds. The average Bonchev–Trinajstić information content (AvgIpc) is 2.36. The Kier molecular flexibility index (Phi) is 1.54. The van der Waals surface area contributed by atoms with Crippen molar-refractivity contribution in [3.8, 4) is 0 Å². The van der Waals surface area contributed by atoms with Crippen LogP contribution in [0.3, 0.4) is 0 Å². The molecule has 0 aliphatic heterocycles. The lowest BCUT2D eigenvalue weighted by Crippen LogP contribution is -2.66. The molecule has 0 aromatic heterocycles. The Bertz CT molecular complexity index is 403. The van der Waals surface area contributed by atoms with E-state index in [1.54, 1.807) is 6.42 Å². The molecule has 3 nitrogen and oxygen atoms in total. The van der Waals surface area contributed by atoms with Crippen molar-refractivity contribution in [2.24, 2.45) is 52.5 Å². The molecule has 17 heavy (non-hydrogen) atoms. The van der Waals surface area contributed by atoms with Crippen molar-refractivity contribution in [2.75, 3.05) is 0 Å². The lowest BCUT2D eigenvalue weighted by molar-refractivity contribution is -0.210. The highest BCUT2D eigenvalue weighted by Crippen LogP contribution is 2.71. The smallest absolute Gasteiger partial charge is 0.0436 e. The van der Waals surface area contributed by atoms with Gasteiger partial charge in [-0.2, -0.15) is 0 Å². The van der Waals surface area contributed by atoms with E-state index in [0.29, 0.717) is 6.04 Å². The van der Waals surface area contributed by atoms with E-state index in [0.717, 1.165) is 47.3 Å². The highest BCUT2D eigenvalue weighted by molar-refractivity contribution is 5.16. The summed E-state index contributed by atoms with van der Waals surface area (Å²) in [7, 11) is 0. The molecular weight excluding hydrogens is 210 g/mol. The first-order chi connectivity index (χ1) is 8.36. The maximum absolute atomic E-state index is 8.83. The van der Waals surface area contributed by atoms with Crippen LogP contribution < -0.4 is 0 Å². The van der Waals surface area contributed by atoms with Gasteiger partial charge in [0.05, 0.1) is 0 Å². The van der Waals surface area contributed by atoms with Crippen LogP contribution in [0.2, 0.25) is 0 Å². The van der Waals surface area contributed by atoms with Crippen LogP contribution in [0.4, 0.5) is 0 Å². The minimum Gasteiger partial charge on any atom is -0.0900 e. The fraction of sp³-hybridized carbons (Fsp3) is 1.00. The van der Waals surface area contributed by atoms with E-state index in [-0.39, 0.29) is 0 Å². The summed E-state index contributed by atoms with van der Waals surface area (Å²) in [6, 6.07) is 0.377. The normalized spacial score (nSPS) is 65.1. The van der Waals surface area contributed by atoms with E-state index in [1.165, 1.54) is 25.7 Å². The van der Waals surface area contributed by atoms with Gasteiger partial charge in [-0.1, -0.05) is 5.11 Å². The van der Waals surface area contributed by atoms with Crippen molar-refractivity contribution >= 4 is 0 Å². The Labute approximate surface area is 102 Å². The number of rotatable bonds is 1. The van der Waals surface area contributed by atoms with E-state index in [2.05, 4.69) is 10.0 Å². The fourth-order valence-corrected chi connectivity index (χ4v) is 7.12. The SMILES string of the molecule is [N-]=[N+]=NC1C2CC3C4CC5CC3[C@H](C2)[C@@H](C5)C41. The summed E-state index contributed by atoms with van der Waals surface area (Å²) in [6.07, 6.45) is 7.28. The van der Waals surface area contributed by atoms with Gasteiger partial charge in [-0.05, 0) is 85.0 Å². The Balaban J connectivity index is 1.65. The summed E-state index contributed by atoms with van der Waals surface area (Å²) in [5.74, 6) is 7.62. The first-order valence-corrected chi connectivity index (χ1v) is 7.41. The van der Waals surface area contributed by atoms with Crippen LogP contribution in [0.25, 0.3) is 10.4 Å². The summed E-state index contributed by atoms with van der Waals surface area (Å²) in [5.41, 5.74) is 8.83. The second-order valence-electron chi connectivity index (χ2n) is 7.40. The fourth-order valence-electron chi connectivity index (χ4n) is 7.12. The molecule has 0 saturated heterocycles. The Morgan fingerprint density at radius 1 is 0.824 bits per heavy atom. The Morgan fingerprint density at radius 2 is 1.41 bits per heavy atom. The molecule has 0 heterocycles. The van der Waals surface area contributed by atoms with Gasteiger partial charge in [0.15, 0.2) is 0 Å². The minimum absolute atomic E-state index is 0.377. The van der Waals surface area contributed by atoms with Crippen molar-refractivity contribution in [3.05, 3.63) is 10.4 Å². The summed E-state index contributed by atoms with van der Waals surface area (Å²) in [5, 5.41) is 4.23. The first-order valence-electron chi connectivity index (χ1n) is 7.41. The predicted molar refractivity (Wildman–Crippen MR) is 63.9 cm³/mol. The molecule has 8 bridgehead atoms. The van der Waals surface area contributed by atoms with Crippen molar-refractivity contribution in [3.63, 3.8) is 0 Å². The van der Waals surface area contributed by atoms with Crippen molar-refractivity contribution < 1.29 is 0 Å². The van der Waals surface area contributed by atoms with E-state index < -0.39 is 0 Å². The quantitative estimate of drug-likeness (QED) is 0.374. The number of hydrogen-bond donors (Lipinski definition) is 0. The zero-order valence-electron chi connectivity index (χ0n) is 10.1. The molecule has 7 rings (SSSR count). The van der Waals surface area contributed by atoms with Crippen LogP contribution in [0, 0.1) is 47.3 Å². The molecule has 0 spiro atoms. The van der Waals surface area contributed by atoms with Crippen molar-refractivity contribution in [2.45, 2.75) is 38.1 Å². The molecule has 0 N–H and O–H groups in total. The molecule has 3 heteroatoms. The lowest BCUT2D eigenvalue weighted by atomic mass is 9.35. The van der Waals surface area contributed by atoms with Crippen LogP contribution in [0.5, 0.6) is 0 Å². The summed E-state index contributed by atoms with van der Waals surface area (Å²) in [4.78, 5) is 3.16. The first kappa shape index (κ1) is 9.27. The van der Waals surface area contributed by atoms with Gasteiger partial charge >= 0.3 is 0 Å². The minimum atomic E-state index is 0.377. The van der Waals surface area contributed by atoms with E-state index in [4.69, 9.17) is 5.53 Å². The number of nitrogens with zero attached hydrogens (tertiary/aromatic N) is 3. The van der Waals surface area contributed by atoms with E-state index in [9.17, 15) is 0 Å². The maximum atomic E-state index is 8.83. The zero-order valence-corrected chi connectivity index (χ0v) is 10.1. The van der Waals surface area contributed by atoms with Gasteiger partial charge in [-0.15, -0.1) is 0 Å². The van der Waals surface area contributed by atoms with Crippen molar-refractivity contribution in [1.29, 1.82) is 0 Å². The van der Waals surface area contributed by atoms with E-state index in [1.807, 2.05) is 0 Å². The monoisotopic (exact) mass is 229 g/mol. The zero-order chi connectivity index (χ0) is 11.1. The molecule has 7 aliphatic carbocycles. The van der Waals surface area contributed by atoms with Gasteiger partial charge in [0.1, 0.15) is 0 Å². The molecule has 0 radical (unpaired) electrons. The van der Waals surface area contributed by atoms with Gasteiger partial charge in [0.25, 0.3) is 0 Å². The highest BCUT2D eigenvalue weighted by atomic mass is 15.2. The topological polar surface area (TPSA) is 48.8 Å². The van der Waals surface area contributed by atoms with Crippen LogP contribution in [-0.2, 0) is 0 Å². The molecule has 0 aromatic carbocycles. The molecule has 7 unspecified atom stereocenters. The van der Waals surface area contributed by atoms with E-state index >= 15 is 0 Å². The molecule has 90 valence electrons. The highest BCUT2D eigenvalue weighted by Gasteiger charge is 2.66. The van der Waals surface area contributed by atoms with Gasteiger partial charge < -0.3 is 0 Å². The third-order valence-corrected chi connectivity index (χ3v) is 7.22. The van der Waals surface area contributed by atoms with Gasteiger partial charge in [-0.25, -0.2) is 0 Å². The second-order valence-corrected chi connectivity index (χ2v) is 7.40. The molecule has 9 atom stereocenters. The van der Waals surface area contributed by atoms with Crippen LogP contribution in [0.15, 0.2) is 5.11 Å². The molecule has 7 fully saturated rings. The summed E-state index contributed by atoms with van der Waals surface area (Å²) < 4.78 is 0. The third-order valence-electron chi connectivity index (χ3n) is 7.22. The Hall–Kier alpha value is -0.690. The molecule has 0 aromatic rings. The molecule has 7 aliphatic rings. The lowest BCUT2D eigenvalue weighted by Gasteiger charge is -2.71. The number of azide groups is 1. The van der Waals surface area contributed by atoms with Crippen LogP contribution >= 0.6 is 0 Å². The second kappa shape index (κ2) is 2.83. The van der Waals surface area contributed by atoms with Crippen molar-refractivity contribution in [1.82, 2.24) is 0 Å². The van der Waals surface area contributed by atoms with Crippen LogP contribution in [0.1, 0.15) is 32.1 Å². The third kappa shape index (κ3) is 0.920. The standard InChI is InChI=1S/C14H19N3/c15-17-16-14-7-4-9-8-1-6-2-11(9)13(14)12(3-6)10(8)5-7/h6-14H,1-5H2/t6?,7?,8?,9-,10?,11+,12?,13?,14?/m0/s1. The van der Waals surface area contributed by atoms with Gasteiger partial charge in [0.2, 0.25) is 0 Å². The largest absolute Gasteiger partial charge is 0.0900 e. The van der Waals surface area contributed by atoms with Crippen LogP contribution in [-0.4, -0.2) is 6.04 Å².